The molecule has 0 aliphatic carbocycles. The van der Waals surface area contributed by atoms with Crippen molar-refractivity contribution in [1.29, 1.82) is 0 Å². The first-order valence-corrected chi connectivity index (χ1v) is 10.4. The maximum Gasteiger partial charge on any atom is 0.308 e. The van der Waals surface area contributed by atoms with E-state index >= 15 is 0 Å². The van der Waals surface area contributed by atoms with E-state index in [1.54, 1.807) is 29.2 Å². The highest BCUT2D eigenvalue weighted by atomic mass is 79.9. The van der Waals surface area contributed by atoms with Gasteiger partial charge in [0.25, 0.3) is 5.91 Å². The van der Waals surface area contributed by atoms with Crippen LogP contribution in [-0.2, 0) is 14.3 Å². The third-order valence-corrected chi connectivity index (χ3v) is 5.15. The highest BCUT2D eigenvalue weighted by Crippen LogP contribution is 2.13. The number of carbonyl (C=O) groups excluding carboxylic acids is 3. The van der Waals surface area contributed by atoms with Crippen LogP contribution in [-0.4, -0.2) is 53.5 Å². The first kappa shape index (κ1) is 22.3. The van der Waals surface area contributed by atoms with Crippen LogP contribution in [0.15, 0.2) is 28.7 Å². The van der Waals surface area contributed by atoms with E-state index in [0.29, 0.717) is 25.3 Å². The van der Waals surface area contributed by atoms with Crippen LogP contribution in [0, 0.1) is 0 Å². The van der Waals surface area contributed by atoms with Crippen LogP contribution in [0.1, 0.15) is 43.0 Å². The van der Waals surface area contributed by atoms with Crippen LogP contribution >= 0.6 is 28.1 Å². The molecule has 28 heavy (non-hydrogen) atoms. The molecular formula is C19H24BrN3O4S. The number of amides is 2. The number of carbonyl (C=O) groups is 3. The quantitative estimate of drug-likeness (QED) is 0.362. The van der Waals surface area contributed by atoms with Crippen molar-refractivity contribution >= 4 is 51.0 Å². The maximum atomic E-state index is 12.4. The molecule has 1 aromatic rings. The first-order valence-electron chi connectivity index (χ1n) is 9.23. The van der Waals surface area contributed by atoms with Crippen molar-refractivity contribution in [3.8, 4) is 0 Å². The number of piperazine rings is 1. The topological polar surface area (TPSA) is 87.7 Å². The summed E-state index contributed by atoms with van der Waals surface area (Å²) in [6, 6.07) is 6.03. The number of nitrogens with zero attached hydrogens (tertiary/aromatic N) is 1. The second kappa shape index (κ2) is 11.1. The van der Waals surface area contributed by atoms with Crippen molar-refractivity contribution in [2.75, 3.05) is 19.7 Å². The van der Waals surface area contributed by atoms with Crippen molar-refractivity contribution in [2.45, 2.75) is 38.6 Å². The van der Waals surface area contributed by atoms with E-state index in [-0.39, 0.29) is 23.3 Å². The second-order valence-electron chi connectivity index (χ2n) is 6.40. The number of nitrogens with one attached hydrogen (secondary N) is 2. The Morgan fingerprint density at radius 1 is 1.32 bits per heavy atom. The molecule has 1 unspecified atom stereocenters. The van der Waals surface area contributed by atoms with Gasteiger partial charge in [-0.1, -0.05) is 35.7 Å². The minimum Gasteiger partial charge on any atom is -0.466 e. The number of thiocarbonyl (C=S) groups is 1. The molecule has 1 aromatic carbocycles. The smallest absolute Gasteiger partial charge is 0.308 e. The van der Waals surface area contributed by atoms with Crippen molar-refractivity contribution in [1.82, 2.24) is 15.5 Å². The SMILES string of the molecule is CCCCCOC(=O)CC1C(=O)NCCN1C(=S)NC(=O)c1ccc(Br)cc1. The molecule has 2 amide bonds. The third kappa shape index (κ3) is 6.56. The van der Waals surface area contributed by atoms with Gasteiger partial charge in [0.15, 0.2) is 5.11 Å². The molecule has 0 spiro atoms. The van der Waals surface area contributed by atoms with Gasteiger partial charge in [0.1, 0.15) is 6.04 Å². The Bertz CT molecular complexity index is 726. The number of esters is 1. The number of unbranched alkanes of at least 4 members (excludes halogenated alkanes) is 2. The monoisotopic (exact) mass is 469 g/mol. The summed E-state index contributed by atoms with van der Waals surface area (Å²) in [6.07, 6.45) is 2.69. The molecule has 1 aliphatic rings. The fourth-order valence-corrected chi connectivity index (χ4v) is 3.33. The fourth-order valence-electron chi connectivity index (χ4n) is 2.76. The molecule has 0 saturated carbocycles. The Morgan fingerprint density at radius 2 is 2.04 bits per heavy atom. The number of hydrogen-bond acceptors (Lipinski definition) is 5. The summed E-state index contributed by atoms with van der Waals surface area (Å²) in [5.74, 6) is -1.13. The number of halogens is 1. The average Bonchev–Trinajstić information content (AvgIpc) is 2.67. The lowest BCUT2D eigenvalue weighted by Crippen LogP contribution is -2.60. The van der Waals surface area contributed by atoms with Crippen molar-refractivity contribution in [3.05, 3.63) is 34.3 Å². The van der Waals surface area contributed by atoms with Gasteiger partial charge in [-0.3, -0.25) is 19.7 Å². The normalized spacial score (nSPS) is 16.3. The summed E-state index contributed by atoms with van der Waals surface area (Å²) in [5, 5.41) is 5.48. The summed E-state index contributed by atoms with van der Waals surface area (Å²) in [7, 11) is 0. The standard InChI is InChI=1S/C19H24BrN3O4S/c1-2-3-4-11-27-16(24)12-15-18(26)21-9-10-23(15)19(28)22-17(25)13-5-7-14(20)8-6-13/h5-8,15H,2-4,9-12H2,1H3,(H,21,26)(H,22,25,28). The molecule has 2 N–H and O–H groups in total. The third-order valence-electron chi connectivity index (χ3n) is 4.29. The highest BCUT2D eigenvalue weighted by molar-refractivity contribution is 9.10. The molecule has 152 valence electrons. The number of hydrogen-bond donors (Lipinski definition) is 2. The molecule has 1 saturated heterocycles. The van der Waals surface area contributed by atoms with Crippen molar-refractivity contribution < 1.29 is 19.1 Å². The fraction of sp³-hybridized carbons (Fsp3) is 0.474. The predicted octanol–water partition coefficient (Wildman–Crippen LogP) is 2.39. The van der Waals surface area contributed by atoms with Crippen LogP contribution in [0.5, 0.6) is 0 Å². The minimum atomic E-state index is -0.801. The van der Waals surface area contributed by atoms with E-state index < -0.39 is 12.0 Å². The van der Waals surface area contributed by atoms with Gasteiger partial charge < -0.3 is 15.0 Å². The summed E-state index contributed by atoms with van der Waals surface area (Å²) < 4.78 is 6.06. The first-order chi connectivity index (χ1) is 13.4. The van der Waals surface area contributed by atoms with Gasteiger partial charge in [-0.25, -0.2) is 0 Å². The molecule has 1 fully saturated rings. The molecule has 1 heterocycles. The number of ether oxygens (including phenoxy) is 1. The predicted molar refractivity (Wildman–Crippen MR) is 113 cm³/mol. The van der Waals surface area contributed by atoms with Gasteiger partial charge in [-0.15, -0.1) is 0 Å². The van der Waals surface area contributed by atoms with E-state index in [1.807, 2.05) is 0 Å². The van der Waals surface area contributed by atoms with Gasteiger partial charge in [0.05, 0.1) is 13.0 Å². The Balaban J connectivity index is 1.96. The molecular weight excluding hydrogens is 446 g/mol. The van der Waals surface area contributed by atoms with Crippen LogP contribution in [0.4, 0.5) is 0 Å². The van der Waals surface area contributed by atoms with E-state index in [2.05, 4.69) is 33.5 Å². The molecule has 9 heteroatoms. The molecule has 1 atom stereocenters. The maximum absolute atomic E-state index is 12.4. The van der Waals surface area contributed by atoms with Gasteiger partial charge in [-0.2, -0.15) is 0 Å². The zero-order valence-corrected chi connectivity index (χ0v) is 18.1. The zero-order valence-electron chi connectivity index (χ0n) is 15.7. The molecule has 1 aliphatic heterocycles. The molecule has 2 rings (SSSR count). The van der Waals surface area contributed by atoms with Crippen LogP contribution in [0.25, 0.3) is 0 Å². The molecule has 0 radical (unpaired) electrons. The Hall–Kier alpha value is -2.00. The second-order valence-corrected chi connectivity index (χ2v) is 7.70. The van der Waals surface area contributed by atoms with E-state index in [9.17, 15) is 14.4 Å². The summed E-state index contributed by atoms with van der Waals surface area (Å²) >= 11 is 8.65. The molecule has 0 aromatic heterocycles. The highest BCUT2D eigenvalue weighted by Gasteiger charge is 2.34. The van der Waals surface area contributed by atoms with Gasteiger partial charge in [0.2, 0.25) is 5.91 Å². The van der Waals surface area contributed by atoms with Crippen LogP contribution in [0.2, 0.25) is 0 Å². The van der Waals surface area contributed by atoms with Crippen LogP contribution < -0.4 is 10.6 Å². The molecule has 0 bridgehead atoms. The average molecular weight is 470 g/mol. The van der Waals surface area contributed by atoms with Gasteiger partial charge in [-0.05, 0) is 42.9 Å². The lowest BCUT2D eigenvalue weighted by atomic mass is 10.1. The summed E-state index contributed by atoms with van der Waals surface area (Å²) in [4.78, 5) is 38.3. The Labute approximate surface area is 178 Å². The Morgan fingerprint density at radius 3 is 2.71 bits per heavy atom. The largest absolute Gasteiger partial charge is 0.466 e. The van der Waals surface area contributed by atoms with Crippen molar-refractivity contribution in [2.24, 2.45) is 0 Å². The van der Waals surface area contributed by atoms with E-state index in [0.717, 1.165) is 23.7 Å². The molecule has 7 nitrogen and oxygen atoms in total. The van der Waals surface area contributed by atoms with E-state index in [4.69, 9.17) is 17.0 Å². The Kier molecular flexibility index (Phi) is 8.85. The summed E-state index contributed by atoms with van der Waals surface area (Å²) in [5.41, 5.74) is 0.443. The zero-order chi connectivity index (χ0) is 20.5. The lowest BCUT2D eigenvalue weighted by Gasteiger charge is -2.36. The van der Waals surface area contributed by atoms with Crippen LogP contribution in [0.3, 0.4) is 0 Å². The number of benzene rings is 1. The van der Waals surface area contributed by atoms with Crippen molar-refractivity contribution in [3.63, 3.8) is 0 Å². The minimum absolute atomic E-state index is 0.117. The van der Waals surface area contributed by atoms with E-state index in [1.165, 1.54) is 0 Å². The van der Waals surface area contributed by atoms with Gasteiger partial charge >= 0.3 is 5.97 Å². The summed E-state index contributed by atoms with van der Waals surface area (Å²) in [6.45, 7) is 3.19. The van der Waals surface area contributed by atoms with Gasteiger partial charge in [0, 0.05) is 23.1 Å². The number of rotatable bonds is 7. The lowest BCUT2D eigenvalue weighted by molar-refractivity contribution is -0.147.